The SMILES string of the molecule is COc1ccc2c(-c3ccccc3)c(C(=O)N3C[C@@H](C)[C@H](C(=O)O)C3)oc2c1. The fourth-order valence-electron chi connectivity index (χ4n) is 3.84. The fourth-order valence-corrected chi connectivity index (χ4v) is 3.84. The number of nitrogens with zero attached hydrogens (tertiary/aromatic N) is 1. The van der Waals surface area contributed by atoms with E-state index in [2.05, 4.69) is 0 Å². The minimum Gasteiger partial charge on any atom is -0.497 e. The van der Waals surface area contributed by atoms with E-state index < -0.39 is 11.9 Å². The molecule has 0 aliphatic carbocycles. The molecule has 28 heavy (non-hydrogen) atoms. The van der Waals surface area contributed by atoms with Crippen molar-refractivity contribution in [3.8, 4) is 16.9 Å². The van der Waals surface area contributed by atoms with Gasteiger partial charge in [-0.2, -0.15) is 0 Å². The van der Waals surface area contributed by atoms with Crippen LogP contribution in [-0.4, -0.2) is 42.1 Å². The molecule has 0 saturated carbocycles. The maximum atomic E-state index is 13.3. The van der Waals surface area contributed by atoms with E-state index in [1.807, 2.05) is 49.4 Å². The fraction of sp³-hybridized carbons (Fsp3) is 0.273. The zero-order chi connectivity index (χ0) is 19.8. The van der Waals surface area contributed by atoms with Crippen LogP contribution in [-0.2, 0) is 4.79 Å². The quantitative estimate of drug-likeness (QED) is 0.744. The van der Waals surface area contributed by atoms with Crippen molar-refractivity contribution in [2.75, 3.05) is 20.2 Å². The van der Waals surface area contributed by atoms with Crippen LogP contribution in [0.15, 0.2) is 52.9 Å². The predicted molar refractivity (Wildman–Crippen MR) is 104 cm³/mol. The molecule has 3 aromatic rings. The molecule has 1 saturated heterocycles. The van der Waals surface area contributed by atoms with Gasteiger partial charge in [-0.25, -0.2) is 0 Å². The van der Waals surface area contributed by atoms with Crippen LogP contribution in [0.3, 0.4) is 0 Å². The summed E-state index contributed by atoms with van der Waals surface area (Å²) in [5.41, 5.74) is 2.15. The van der Waals surface area contributed by atoms with Gasteiger partial charge < -0.3 is 19.2 Å². The molecule has 1 aliphatic rings. The normalized spacial score (nSPS) is 19.1. The van der Waals surface area contributed by atoms with Crippen LogP contribution in [0, 0.1) is 11.8 Å². The number of likely N-dealkylation sites (tertiary alicyclic amines) is 1. The molecule has 0 radical (unpaired) electrons. The third kappa shape index (κ3) is 3.01. The summed E-state index contributed by atoms with van der Waals surface area (Å²) in [5, 5.41) is 10.2. The van der Waals surface area contributed by atoms with Gasteiger partial charge >= 0.3 is 5.97 Å². The molecular formula is C22H21NO5. The Morgan fingerprint density at radius 1 is 1.14 bits per heavy atom. The van der Waals surface area contributed by atoms with Crippen LogP contribution >= 0.6 is 0 Å². The standard InChI is InChI=1S/C22H21NO5/c1-13-11-23(12-17(13)22(25)26)21(24)20-19(14-6-4-3-5-7-14)16-9-8-15(27-2)10-18(16)28-20/h3-10,13,17H,11-12H2,1-2H3,(H,25,26)/t13-,17-/m1/s1. The van der Waals surface area contributed by atoms with Crippen molar-refractivity contribution in [2.45, 2.75) is 6.92 Å². The van der Waals surface area contributed by atoms with Gasteiger partial charge in [-0.05, 0) is 23.6 Å². The number of carboxylic acids is 1. The van der Waals surface area contributed by atoms with Gasteiger partial charge in [0.2, 0.25) is 5.76 Å². The van der Waals surface area contributed by atoms with Crippen molar-refractivity contribution in [2.24, 2.45) is 11.8 Å². The maximum Gasteiger partial charge on any atom is 0.308 e. The van der Waals surface area contributed by atoms with Gasteiger partial charge in [0.1, 0.15) is 11.3 Å². The van der Waals surface area contributed by atoms with Crippen molar-refractivity contribution >= 4 is 22.8 Å². The first-order chi connectivity index (χ1) is 13.5. The molecule has 1 aliphatic heterocycles. The first-order valence-electron chi connectivity index (χ1n) is 9.17. The molecule has 6 heteroatoms. The molecule has 1 amide bonds. The minimum atomic E-state index is -0.875. The number of benzene rings is 2. The Balaban J connectivity index is 1.82. The second-order valence-corrected chi connectivity index (χ2v) is 7.17. The van der Waals surface area contributed by atoms with Crippen molar-refractivity contribution in [1.82, 2.24) is 4.90 Å². The van der Waals surface area contributed by atoms with Gasteiger partial charge in [0, 0.05) is 30.1 Å². The zero-order valence-corrected chi connectivity index (χ0v) is 15.7. The maximum absolute atomic E-state index is 13.3. The molecule has 0 unspecified atom stereocenters. The molecule has 0 spiro atoms. The highest BCUT2D eigenvalue weighted by Gasteiger charge is 2.39. The second kappa shape index (κ2) is 7.03. The largest absolute Gasteiger partial charge is 0.497 e. The number of carboxylic acid groups (broad SMARTS) is 1. The first kappa shape index (κ1) is 18.1. The van der Waals surface area contributed by atoms with E-state index >= 15 is 0 Å². The first-order valence-corrected chi connectivity index (χ1v) is 9.17. The Morgan fingerprint density at radius 2 is 1.89 bits per heavy atom. The third-order valence-electron chi connectivity index (χ3n) is 5.37. The Bertz CT molecular complexity index is 1040. The topological polar surface area (TPSA) is 80.0 Å². The number of fused-ring (bicyclic) bond motifs is 1. The van der Waals surface area contributed by atoms with Crippen molar-refractivity contribution in [3.63, 3.8) is 0 Å². The van der Waals surface area contributed by atoms with Gasteiger partial charge in [-0.1, -0.05) is 37.3 Å². The minimum absolute atomic E-state index is 0.105. The number of furan rings is 1. The second-order valence-electron chi connectivity index (χ2n) is 7.17. The number of aliphatic carboxylic acids is 1. The lowest BCUT2D eigenvalue weighted by atomic mass is 9.99. The third-order valence-corrected chi connectivity index (χ3v) is 5.37. The summed E-state index contributed by atoms with van der Waals surface area (Å²) < 4.78 is 11.3. The highest BCUT2D eigenvalue weighted by atomic mass is 16.5. The van der Waals surface area contributed by atoms with E-state index in [-0.39, 0.29) is 24.1 Å². The van der Waals surface area contributed by atoms with E-state index in [4.69, 9.17) is 9.15 Å². The summed E-state index contributed by atoms with van der Waals surface area (Å²) in [6, 6.07) is 15.0. The van der Waals surface area contributed by atoms with Crippen molar-refractivity contribution in [1.29, 1.82) is 0 Å². The van der Waals surface area contributed by atoms with Crippen molar-refractivity contribution in [3.05, 3.63) is 54.3 Å². The lowest BCUT2D eigenvalue weighted by Crippen LogP contribution is -2.30. The van der Waals surface area contributed by atoms with Gasteiger partial charge in [-0.3, -0.25) is 9.59 Å². The number of amides is 1. The Labute approximate surface area is 162 Å². The smallest absolute Gasteiger partial charge is 0.308 e. The molecule has 1 fully saturated rings. The zero-order valence-electron chi connectivity index (χ0n) is 15.7. The molecule has 2 aromatic carbocycles. The predicted octanol–water partition coefficient (Wildman–Crippen LogP) is 3.90. The van der Waals surface area contributed by atoms with Gasteiger partial charge in [0.15, 0.2) is 0 Å². The lowest BCUT2D eigenvalue weighted by Gasteiger charge is -2.15. The van der Waals surface area contributed by atoms with E-state index in [9.17, 15) is 14.7 Å². The van der Waals surface area contributed by atoms with E-state index in [1.54, 1.807) is 18.1 Å². The number of carbonyl (C=O) groups excluding carboxylic acids is 1. The van der Waals surface area contributed by atoms with Crippen LogP contribution in [0.2, 0.25) is 0 Å². The van der Waals surface area contributed by atoms with Gasteiger partial charge in [0.05, 0.1) is 13.0 Å². The molecular weight excluding hydrogens is 358 g/mol. The number of methoxy groups -OCH3 is 1. The summed E-state index contributed by atoms with van der Waals surface area (Å²) in [4.78, 5) is 26.3. The molecule has 0 bridgehead atoms. The number of rotatable bonds is 4. The highest BCUT2D eigenvalue weighted by molar-refractivity contribution is 6.08. The number of hydrogen-bond donors (Lipinski definition) is 1. The lowest BCUT2D eigenvalue weighted by molar-refractivity contribution is -0.142. The van der Waals surface area contributed by atoms with Gasteiger partial charge in [0.25, 0.3) is 5.91 Å². The molecule has 144 valence electrons. The average Bonchev–Trinajstić information content (AvgIpc) is 3.28. The summed E-state index contributed by atoms with van der Waals surface area (Å²) in [6.45, 7) is 2.43. The van der Waals surface area contributed by atoms with Crippen LogP contribution in [0.4, 0.5) is 0 Å². The molecule has 2 atom stereocenters. The molecule has 1 N–H and O–H groups in total. The summed E-state index contributed by atoms with van der Waals surface area (Å²) in [6.07, 6.45) is 0. The monoisotopic (exact) mass is 379 g/mol. The van der Waals surface area contributed by atoms with E-state index in [0.29, 0.717) is 17.9 Å². The molecule has 2 heterocycles. The van der Waals surface area contributed by atoms with Crippen LogP contribution in [0.5, 0.6) is 5.75 Å². The average molecular weight is 379 g/mol. The molecule has 6 nitrogen and oxygen atoms in total. The molecule has 1 aromatic heterocycles. The van der Waals surface area contributed by atoms with E-state index in [0.717, 1.165) is 16.5 Å². The Morgan fingerprint density at radius 3 is 2.54 bits per heavy atom. The summed E-state index contributed by atoms with van der Waals surface area (Å²) in [5.74, 6) is -0.960. The highest BCUT2D eigenvalue weighted by Crippen LogP contribution is 2.38. The Hall–Kier alpha value is -3.28. The van der Waals surface area contributed by atoms with Crippen LogP contribution in [0.25, 0.3) is 22.1 Å². The van der Waals surface area contributed by atoms with Crippen LogP contribution in [0.1, 0.15) is 17.5 Å². The molecule has 4 rings (SSSR count). The number of carbonyl (C=O) groups is 2. The van der Waals surface area contributed by atoms with Gasteiger partial charge in [-0.15, -0.1) is 0 Å². The Kier molecular flexibility index (Phi) is 4.55. The summed E-state index contributed by atoms with van der Waals surface area (Å²) in [7, 11) is 1.58. The number of hydrogen-bond acceptors (Lipinski definition) is 4. The van der Waals surface area contributed by atoms with Crippen LogP contribution < -0.4 is 4.74 Å². The number of ether oxygens (including phenoxy) is 1. The van der Waals surface area contributed by atoms with Crippen molar-refractivity contribution < 1.29 is 23.8 Å². The van der Waals surface area contributed by atoms with E-state index in [1.165, 1.54) is 0 Å². The summed E-state index contributed by atoms with van der Waals surface area (Å²) >= 11 is 0.